The second kappa shape index (κ2) is 8.14. The highest BCUT2D eigenvalue weighted by Crippen LogP contribution is 2.07. The fourth-order valence-electron chi connectivity index (χ4n) is 2.42. The largest absolute Gasteiger partial charge is 0.355 e. The van der Waals surface area contributed by atoms with Crippen LogP contribution in [0, 0.1) is 0 Å². The molecule has 2 rings (SSSR count). The van der Waals surface area contributed by atoms with Crippen molar-refractivity contribution in [3.05, 3.63) is 35.9 Å². The third kappa shape index (κ3) is 5.31. The number of rotatable bonds is 6. The topological polar surface area (TPSA) is 73.8 Å². The zero-order valence-corrected chi connectivity index (χ0v) is 13.8. The van der Waals surface area contributed by atoms with E-state index in [9.17, 15) is 8.42 Å². The Labute approximate surface area is 132 Å². The fraction of sp³-hybridized carbons (Fsp3) is 0.533. The number of nitrogens with one attached hydrogen (secondary N) is 2. The van der Waals surface area contributed by atoms with Gasteiger partial charge in [-0.15, -0.1) is 0 Å². The molecule has 1 aromatic rings. The van der Waals surface area contributed by atoms with Crippen LogP contribution in [-0.4, -0.2) is 51.7 Å². The summed E-state index contributed by atoms with van der Waals surface area (Å²) in [6, 6.07) is 9.49. The Morgan fingerprint density at radius 3 is 2.55 bits per heavy atom. The molecule has 1 aliphatic rings. The van der Waals surface area contributed by atoms with Gasteiger partial charge in [0.2, 0.25) is 10.0 Å². The minimum absolute atomic E-state index is 0.0344. The highest BCUT2D eigenvalue weighted by Gasteiger charge is 2.16. The average Bonchev–Trinajstić information content (AvgIpc) is 3.05. The summed E-state index contributed by atoms with van der Waals surface area (Å²) in [5.41, 5.74) is 0.951. The van der Waals surface area contributed by atoms with E-state index in [1.54, 1.807) is 7.05 Å². The van der Waals surface area contributed by atoms with Crippen LogP contribution in [0.25, 0.3) is 0 Å². The smallest absolute Gasteiger partial charge is 0.213 e. The molecular formula is C15H24N4O2S. The summed E-state index contributed by atoms with van der Waals surface area (Å²) in [5, 5.41) is 3.12. The van der Waals surface area contributed by atoms with Crippen LogP contribution in [0.4, 0.5) is 0 Å². The predicted molar refractivity (Wildman–Crippen MR) is 89.2 cm³/mol. The lowest BCUT2D eigenvalue weighted by Gasteiger charge is -2.20. The van der Waals surface area contributed by atoms with Crippen molar-refractivity contribution in [1.82, 2.24) is 14.9 Å². The van der Waals surface area contributed by atoms with E-state index in [2.05, 4.69) is 19.9 Å². The van der Waals surface area contributed by atoms with Crippen LogP contribution in [0.15, 0.2) is 35.3 Å². The van der Waals surface area contributed by atoms with Gasteiger partial charge in [-0.1, -0.05) is 30.3 Å². The van der Waals surface area contributed by atoms with Gasteiger partial charge in [-0.25, -0.2) is 13.1 Å². The average molecular weight is 324 g/mol. The van der Waals surface area contributed by atoms with E-state index in [-0.39, 0.29) is 5.75 Å². The molecule has 0 aliphatic carbocycles. The van der Waals surface area contributed by atoms with Gasteiger partial charge in [0, 0.05) is 33.2 Å². The Morgan fingerprint density at radius 1 is 1.23 bits per heavy atom. The molecule has 1 heterocycles. The lowest BCUT2D eigenvalue weighted by molar-refractivity contribution is 0.495. The van der Waals surface area contributed by atoms with Crippen LogP contribution < -0.4 is 10.0 Å². The van der Waals surface area contributed by atoms with Crippen molar-refractivity contribution in [2.75, 3.05) is 32.4 Å². The number of aliphatic imine (C=N–C) groups is 1. The zero-order valence-electron chi connectivity index (χ0n) is 13.0. The van der Waals surface area contributed by atoms with Crippen LogP contribution in [0.2, 0.25) is 0 Å². The first-order valence-corrected chi connectivity index (χ1v) is 9.23. The fourth-order valence-corrected chi connectivity index (χ4v) is 3.32. The van der Waals surface area contributed by atoms with Gasteiger partial charge in [-0.2, -0.15) is 0 Å². The van der Waals surface area contributed by atoms with Crippen molar-refractivity contribution in [3.63, 3.8) is 0 Å². The van der Waals surface area contributed by atoms with E-state index >= 15 is 0 Å². The van der Waals surface area contributed by atoms with Crippen LogP contribution >= 0.6 is 0 Å². The molecule has 1 saturated heterocycles. The molecule has 7 heteroatoms. The van der Waals surface area contributed by atoms with E-state index in [1.165, 1.54) is 0 Å². The molecule has 0 spiro atoms. The predicted octanol–water partition coefficient (Wildman–Crippen LogP) is 0.777. The van der Waals surface area contributed by atoms with Crippen molar-refractivity contribution in [1.29, 1.82) is 0 Å². The van der Waals surface area contributed by atoms with Gasteiger partial charge in [0.15, 0.2) is 5.96 Å². The Morgan fingerprint density at radius 2 is 1.91 bits per heavy atom. The standard InChI is InChI=1S/C15H24N4O2S/c1-16-15(19-10-5-6-11-19)17-9-12-22(20,21)18-13-14-7-3-2-4-8-14/h2-4,7-8,18H,5-6,9-13H2,1H3,(H,16,17). The summed E-state index contributed by atoms with van der Waals surface area (Å²) in [5.74, 6) is 0.822. The molecule has 22 heavy (non-hydrogen) atoms. The Balaban J connectivity index is 1.75. The monoisotopic (exact) mass is 324 g/mol. The molecule has 6 nitrogen and oxygen atoms in total. The second-order valence-corrected chi connectivity index (χ2v) is 7.22. The number of hydrogen-bond acceptors (Lipinski definition) is 3. The van der Waals surface area contributed by atoms with E-state index < -0.39 is 10.0 Å². The van der Waals surface area contributed by atoms with Crippen molar-refractivity contribution >= 4 is 16.0 Å². The van der Waals surface area contributed by atoms with Gasteiger partial charge in [0.25, 0.3) is 0 Å². The van der Waals surface area contributed by atoms with Crippen molar-refractivity contribution < 1.29 is 8.42 Å². The molecule has 1 fully saturated rings. The normalized spacial score (nSPS) is 16.0. The summed E-state index contributed by atoms with van der Waals surface area (Å²) in [4.78, 5) is 6.36. The molecule has 0 amide bonds. The lowest BCUT2D eigenvalue weighted by atomic mass is 10.2. The summed E-state index contributed by atoms with van der Waals surface area (Å²) in [6.07, 6.45) is 2.33. The van der Waals surface area contributed by atoms with E-state index in [4.69, 9.17) is 0 Å². The first-order chi connectivity index (χ1) is 10.6. The summed E-state index contributed by atoms with van der Waals surface area (Å²) in [6.45, 7) is 2.65. The first kappa shape index (κ1) is 16.8. The Kier molecular flexibility index (Phi) is 6.21. The number of likely N-dealkylation sites (tertiary alicyclic amines) is 1. The van der Waals surface area contributed by atoms with Gasteiger partial charge in [-0.3, -0.25) is 4.99 Å². The van der Waals surface area contributed by atoms with E-state index in [0.717, 1.165) is 37.5 Å². The van der Waals surface area contributed by atoms with Crippen LogP contribution in [-0.2, 0) is 16.6 Å². The summed E-state index contributed by atoms with van der Waals surface area (Å²) in [7, 11) is -1.57. The molecule has 0 radical (unpaired) electrons. The van der Waals surface area contributed by atoms with E-state index in [0.29, 0.717) is 13.1 Å². The Bertz CT molecular complexity index is 581. The zero-order chi connectivity index (χ0) is 15.8. The second-order valence-electron chi connectivity index (χ2n) is 5.29. The van der Waals surface area contributed by atoms with Crippen LogP contribution in [0.5, 0.6) is 0 Å². The van der Waals surface area contributed by atoms with Gasteiger partial charge < -0.3 is 10.2 Å². The molecule has 1 aromatic carbocycles. The molecule has 2 N–H and O–H groups in total. The number of guanidine groups is 1. The first-order valence-electron chi connectivity index (χ1n) is 7.57. The highest BCUT2D eigenvalue weighted by atomic mass is 32.2. The highest BCUT2D eigenvalue weighted by molar-refractivity contribution is 7.89. The van der Waals surface area contributed by atoms with Gasteiger partial charge in [-0.05, 0) is 18.4 Å². The third-order valence-electron chi connectivity index (χ3n) is 3.61. The van der Waals surface area contributed by atoms with Crippen molar-refractivity contribution in [2.24, 2.45) is 4.99 Å². The maximum Gasteiger partial charge on any atom is 0.213 e. The number of nitrogens with zero attached hydrogens (tertiary/aromatic N) is 2. The number of hydrogen-bond donors (Lipinski definition) is 2. The molecule has 1 aliphatic heterocycles. The van der Waals surface area contributed by atoms with Gasteiger partial charge >= 0.3 is 0 Å². The van der Waals surface area contributed by atoms with Crippen molar-refractivity contribution in [3.8, 4) is 0 Å². The quantitative estimate of drug-likeness (QED) is 0.599. The van der Waals surface area contributed by atoms with Crippen molar-refractivity contribution in [2.45, 2.75) is 19.4 Å². The lowest BCUT2D eigenvalue weighted by Crippen LogP contribution is -2.42. The molecule has 0 bridgehead atoms. The Hall–Kier alpha value is -1.60. The molecular weight excluding hydrogens is 300 g/mol. The van der Waals surface area contributed by atoms with E-state index in [1.807, 2.05) is 30.3 Å². The van der Waals surface area contributed by atoms with Crippen LogP contribution in [0.1, 0.15) is 18.4 Å². The summed E-state index contributed by atoms with van der Waals surface area (Å²) >= 11 is 0. The van der Waals surface area contributed by atoms with Gasteiger partial charge in [0.05, 0.1) is 5.75 Å². The maximum atomic E-state index is 12.0. The molecule has 0 saturated carbocycles. The minimum Gasteiger partial charge on any atom is -0.355 e. The third-order valence-corrected chi connectivity index (χ3v) is 4.94. The molecule has 122 valence electrons. The number of benzene rings is 1. The maximum absolute atomic E-state index is 12.0. The summed E-state index contributed by atoms with van der Waals surface area (Å²) < 4.78 is 26.6. The number of sulfonamides is 1. The van der Waals surface area contributed by atoms with Gasteiger partial charge in [0.1, 0.15) is 0 Å². The SMILES string of the molecule is CN=C(NCCS(=O)(=O)NCc1ccccc1)N1CCCC1. The molecule has 0 unspecified atom stereocenters. The molecule has 0 aromatic heterocycles. The minimum atomic E-state index is -3.29. The molecule has 0 atom stereocenters. The van der Waals surface area contributed by atoms with Crippen LogP contribution in [0.3, 0.4) is 0 Å².